The number of hydrogen-bond donors (Lipinski definition) is 2. The molecule has 1 aliphatic rings. The van der Waals surface area contributed by atoms with Gasteiger partial charge in [-0.25, -0.2) is 0 Å². The lowest BCUT2D eigenvalue weighted by molar-refractivity contribution is -0.123. The molecular formula is C21H15BrN2O3. The van der Waals surface area contributed by atoms with Gasteiger partial charge in [0.05, 0.1) is 5.69 Å². The van der Waals surface area contributed by atoms with Crippen molar-refractivity contribution in [2.24, 2.45) is 0 Å². The molecule has 1 heterocycles. The number of halogens is 1. The summed E-state index contributed by atoms with van der Waals surface area (Å²) < 4.78 is 6.76. The van der Waals surface area contributed by atoms with Crippen LogP contribution in [0.25, 0.3) is 0 Å². The summed E-state index contributed by atoms with van der Waals surface area (Å²) in [4.78, 5) is 24.8. The fraction of sp³-hybridized carbons (Fsp3) is 0.0476. The van der Waals surface area contributed by atoms with E-state index in [1.165, 1.54) is 0 Å². The molecule has 1 unspecified atom stereocenters. The monoisotopic (exact) mass is 422 g/mol. The normalized spacial score (nSPS) is 15.3. The Kier molecular flexibility index (Phi) is 4.64. The number of ether oxygens (including phenoxy) is 1. The summed E-state index contributed by atoms with van der Waals surface area (Å²) in [5.41, 5.74) is 2.43. The van der Waals surface area contributed by atoms with Crippen LogP contribution in [0.5, 0.6) is 5.75 Å². The van der Waals surface area contributed by atoms with Crippen molar-refractivity contribution in [3.8, 4) is 5.75 Å². The molecule has 3 aromatic carbocycles. The highest BCUT2D eigenvalue weighted by Gasteiger charge is 2.29. The van der Waals surface area contributed by atoms with Gasteiger partial charge in [0.15, 0.2) is 0 Å². The second kappa shape index (κ2) is 7.25. The Balaban J connectivity index is 1.53. The van der Waals surface area contributed by atoms with Gasteiger partial charge in [-0.3, -0.25) is 9.59 Å². The molecule has 0 saturated carbocycles. The van der Waals surface area contributed by atoms with Crippen molar-refractivity contribution in [1.82, 2.24) is 0 Å². The lowest BCUT2D eigenvalue weighted by Gasteiger charge is -2.26. The van der Waals surface area contributed by atoms with Crippen LogP contribution in [0.1, 0.15) is 22.0 Å². The summed E-state index contributed by atoms with van der Waals surface area (Å²) in [6.07, 6.45) is -0.693. The molecular weight excluding hydrogens is 408 g/mol. The Morgan fingerprint density at radius 3 is 2.48 bits per heavy atom. The molecule has 0 saturated heterocycles. The second-order valence-corrected chi connectivity index (χ2v) is 6.99. The van der Waals surface area contributed by atoms with Gasteiger partial charge in [0.25, 0.3) is 11.8 Å². The van der Waals surface area contributed by atoms with Crippen LogP contribution in [0, 0.1) is 0 Å². The van der Waals surface area contributed by atoms with Gasteiger partial charge in [0.2, 0.25) is 6.10 Å². The lowest BCUT2D eigenvalue weighted by Crippen LogP contribution is -2.30. The fourth-order valence-electron chi connectivity index (χ4n) is 2.84. The molecule has 4 rings (SSSR count). The van der Waals surface area contributed by atoms with Crippen molar-refractivity contribution in [2.75, 3.05) is 10.6 Å². The van der Waals surface area contributed by atoms with Gasteiger partial charge >= 0.3 is 0 Å². The van der Waals surface area contributed by atoms with Gasteiger partial charge in [0, 0.05) is 21.3 Å². The van der Waals surface area contributed by atoms with Crippen molar-refractivity contribution in [2.45, 2.75) is 6.10 Å². The Bertz CT molecular complexity index is 1000. The van der Waals surface area contributed by atoms with Gasteiger partial charge in [-0.1, -0.05) is 46.3 Å². The van der Waals surface area contributed by atoms with Crippen molar-refractivity contribution < 1.29 is 14.3 Å². The quantitative estimate of drug-likeness (QED) is 0.638. The molecule has 0 aliphatic carbocycles. The fourth-order valence-corrected chi connectivity index (χ4v) is 3.10. The predicted molar refractivity (Wildman–Crippen MR) is 107 cm³/mol. The maximum absolute atomic E-state index is 12.4. The number of carbonyl (C=O) groups excluding carboxylic acids is 2. The molecule has 5 nitrogen and oxygen atoms in total. The first-order valence-electron chi connectivity index (χ1n) is 8.33. The molecule has 0 aromatic heterocycles. The Morgan fingerprint density at radius 2 is 1.74 bits per heavy atom. The minimum Gasteiger partial charge on any atom is -0.474 e. The zero-order chi connectivity index (χ0) is 18.8. The third-order valence-corrected chi connectivity index (χ3v) is 4.72. The first-order valence-corrected chi connectivity index (χ1v) is 9.13. The molecule has 6 heteroatoms. The topological polar surface area (TPSA) is 67.4 Å². The van der Waals surface area contributed by atoms with Gasteiger partial charge < -0.3 is 15.4 Å². The Labute approximate surface area is 164 Å². The summed E-state index contributed by atoms with van der Waals surface area (Å²) in [6.45, 7) is 0. The lowest BCUT2D eigenvalue weighted by atomic mass is 10.1. The maximum Gasteiger partial charge on any atom is 0.270 e. The average molecular weight is 423 g/mol. The zero-order valence-corrected chi connectivity index (χ0v) is 15.7. The molecule has 0 radical (unpaired) electrons. The number of nitrogens with one attached hydrogen (secondary N) is 2. The van der Waals surface area contributed by atoms with E-state index in [1.807, 2.05) is 30.3 Å². The Hall–Kier alpha value is -3.12. The molecule has 1 aliphatic heterocycles. The van der Waals surface area contributed by atoms with Gasteiger partial charge in [-0.15, -0.1) is 0 Å². The number of amides is 2. The minimum atomic E-state index is -0.693. The van der Waals surface area contributed by atoms with E-state index in [2.05, 4.69) is 26.6 Å². The van der Waals surface area contributed by atoms with E-state index in [4.69, 9.17) is 4.74 Å². The number of anilines is 2. The van der Waals surface area contributed by atoms with Crippen LogP contribution in [-0.4, -0.2) is 11.8 Å². The average Bonchev–Trinajstić information content (AvgIpc) is 2.68. The van der Waals surface area contributed by atoms with Crippen molar-refractivity contribution in [3.63, 3.8) is 0 Å². The number of benzene rings is 3. The van der Waals surface area contributed by atoms with E-state index in [9.17, 15) is 9.59 Å². The summed E-state index contributed by atoms with van der Waals surface area (Å²) in [7, 11) is 0. The Morgan fingerprint density at radius 1 is 1.00 bits per heavy atom. The van der Waals surface area contributed by atoms with E-state index < -0.39 is 6.10 Å². The molecule has 1 atom stereocenters. The molecule has 0 bridgehead atoms. The van der Waals surface area contributed by atoms with Gasteiger partial charge in [-0.05, 0) is 42.5 Å². The van der Waals surface area contributed by atoms with Crippen molar-refractivity contribution in [3.05, 3.63) is 88.4 Å². The van der Waals surface area contributed by atoms with Crippen LogP contribution in [-0.2, 0) is 4.79 Å². The third kappa shape index (κ3) is 3.71. The van der Waals surface area contributed by atoms with E-state index in [0.717, 1.165) is 10.0 Å². The molecule has 2 N–H and O–H groups in total. The number of hydrogen-bond acceptors (Lipinski definition) is 3. The minimum absolute atomic E-state index is 0.229. The predicted octanol–water partition coefficient (Wildman–Crippen LogP) is 4.77. The summed E-state index contributed by atoms with van der Waals surface area (Å²) in [6, 6.07) is 21.6. The van der Waals surface area contributed by atoms with Crippen LogP contribution in [0.3, 0.4) is 0 Å². The van der Waals surface area contributed by atoms with Gasteiger partial charge in [0.1, 0.15) is 5.75 Å². The zero-order valence-electron chi connectivity index (χ0n) is 14.1. The van der Waals surface area contributed by atoms with Crippen LogP contribution in [0.15, 0.2) is 77.3 Å². The molecule has 0 spiro atoms. The largest absolute Gasteiger partial charge is 0.474 e. The number of carbonyl (C=O) groups is 2. The van der Waals surface area contributed by atoms with E-state index in [-0.39, 0.29) is 11.8 Å². The summed E-state index contributed by atoms with van der Waals surface area (Å²) >= 11 is 3.34. The van der Waals surface area contributed by atoms with Crippen LogP contribution < -0.4 is 15.4 Å². The van der Waals surface area contributed by atoms with E-state index in [0.29, 0.717) is 22.7 Å². The molecule has 0 fully saturated rings. The molecule has 27 heavy (non-hydrogen) atoms. The SMILES string of the molecule is O=C(Nc1ccc2c(c1)NC(=O)C(c1ccccc1)O2)c1ccc(Br)cc1. The second-order valence-electron chi connectivity index (χ2n) is 6.07. The first-order chi connectivity index (χ1) is 13.1. The smallest absolute Gasteiger partial charge is 0.270 e. The number of rotatable bonds is 3. The molecule has 134 valence electrons. The maximum atomic E-state index is 12.4. The highest BCUT2D eigenvalue weighted by atomic mass is 79.9. The van der Waals surface area contributed by atoms with Crippen LogP contribution in [0.4, 0.5) is 11.4 Å². The van der Waals surface area contributed by atoms with Crippen molar-refractivity contribution >= 4 is 39.1 Å². The summed E-state index contributed by atoms with van der Waals surface area (Å²) in [5, 5.41) is 5.67. The molecule has 3 aromatic rings. The van der Waals surface area contributed by atoms with Crippen LogP contribution >= 0.6 is 15.9 Å². The number of fused-ring (bicyclic) bond motifs is 1. The molecule has 2 amide bonds. The standard InChI is InChI=1S/C21H15BrN2O3/c22-15-8-6-14(7-9-15)20(25)23-16-10-11-18-17(12-16)24-21(26)19(27-18)13-4-2-1-3-5-13/h1-12,19H,(H,23,25)(H,24,26). The summed E-state index contributed by atoms with van der Waals surface area (Å²) in [5.74, 6) is 0.0860. The highest BCUT2D eigenvalue weighted by molar-refractivity contribution is 9.10. The third-order valence-electron chi connectivity index (χ3n) is 4.19. The van der Waals surface area contributed by atoms with Crippen molar-refractivity contribution in [1.29, 1.82) is 0 Å². The van der Waals surface area contributed by atoms with E-state index in [1.54, 1.807) is 42.5 Å². The van der Waals surface area contributed by atoms with Gasteiger partial charge in [-0.2, -0.15) is 0 Å². The highest BCUT2D eigenvalue weighted by Crippen LogP contribution is 2.36. The van der Waals surface area contributed by atoms with E-state index >= 15 is 0 Å². The first kappa shape index (κ1) is 17.3. The van der Waals surface area contributed by atoms with Crippen LogP contribution in [0.2, 0.25) is 0 Å².